The molecule has 0 aliphatic heterocycles. The van der Waals surface area contributed by atoms with Crippen LogP contribution in [0, 0.1) is 30.2 Å². The summed E-state index contributed by atoms with van der Waals surface area (Å²) >= 11 is 0. The molecule has 0 N–H and O–H groups in total. The van der Waals surface area contributed by atoms with Crippen LogP contribution in [0.3, 0.4) is 0 Å². The third kappa shape index (κ3) is 15.4. The van der Waals surface area contributed by atoms with Crippen molar-refractivity contribution in [3.63, 3.8) is 0 Å². The maximum Gasteiger partial charge on any atom is 0.298 e. The van der Waals surface area contributed by atoms with Crippen molar-refractivity contribution in [3.05, 3.63) is 131 Å². The minimum Gasteiger partial charge on any atom is -0.251 e. The van der Waals surface area contributed by atoms with E-state index in [1.165, 1.54) is 24.3 Å². The molecule has 0 fully saturated rings. The molecule has 0 spiro atoms. The first-order valence-corrected chi connectivity index (χ1v) is 16.4. The molecule has 4 aromatic carbocycles. The number of halogens is 9. The lowest BCUT2D eigenvalue weighted by molar-refractivity contribution is 0.400. The summed E-state index contributed by atoms with van der Waals surface area (Å²) < 4.78 is 111. The summed E-state index contributed by atoms with van der Waals surface area (Å²) in [6, 6.07) is 21.8. The van der Waals surface area contributed by atoms with Gasteiger partial charge >= 0.3 is 0 Å². The van der Waals surface area contributed by atoms with Crippen LogP contribution >= 0.6 is 0 Å². The minimum atomic E-state index is -2.29. The lowest BCUT2D eigenvalue weighted by Crippen LogP contribution is -1.96. The Morgan fingerprint density at radius 3 is 1.57 bits per heavy atom. The quantitative estimate of drug-likeness (QED) is 0.0858. The van der Waals surface area contributed by atoms with Gasteiger partial charge in [-0.2, -0.15) is 8.78 Å². The maximum absolute atomic E-state index is 14.3. The Morgan fingerprint density at radius 1 is 0.531 bits per heavy atom. The van der Waals surface area contributed by atoms with Gasteiger partial charge in [-0.25, -0.2) is 22.0 Å². The van der Waals surface area contributed by atoms with Gasteiger partial charge in [0.25, 0.3) is 6.08 Å². The lowest BCUT2D eigenvalue weighted by atomic mass is 9.98. The zero-order chi connectivity index (χ0) is 36.0. The van der Waals surface area contributed by atoms with Crippen LogP contribution in [0.4, 0.5) is 39.5 Å². The third-order valence-electron chi connectivity index (χ3n) is 7.71. The first-order chi connectivity index (χ1) is 23.6. The highest BCUT2D eigenvalue weighted by molar-refractivity contribution is 5.66. The highest BCUT2D eigenvalue weighted by atomic mass is 19.3. The van der Waals surface area contributed by atoms with E-state index in [-0.39, 0.29) is 30.3 Å². The molecule has 0 saturated carbocycles. The Morgan fingerprint density at radius 2 is 1.04 bits per heavy atom. The summed E-state index contributed by atoms with van der Waals surface area (Å²) in [5.74, 6) is -2.00. The molecular weight excluding hydrogens is 651 g/mol. The molecule has 266 valence electrons. The predicted octanol–water partition coefficient (Wildman–Crippen LogP) is 13.8. The standard InChI is InChI=1S/C21H24F4.C17H18F2.C2HF3/c1-15-9-10-17(14-18(15)23)21-19(24)12-16(13-20(21)25)8-6-4-2-3-5-7-11-22;18-12-6-2-3-7-14-10-11-16(17(19)13-14)15-8-4-1-5-9-15;3-1-2(4)5/h9-10,12-14H,2-8,11H2,1H3;1,4-5,8-11,13H,2-3,6-7,12H2;1H. The van der Waals surface area contributed by atoms with Crippen LogP contribution in [0.15, 0.2) is 91.3 Å². The Balaban J connectivity index is 0.000000307. The first kappa shape index (κ1) is 41.2. The molecule has 0 radical (unpaired) electrons. The summed E-state index contributed by atoms with van der Waals surface area (Å²) in [6.07, 6.45) is 6.04. The van der Waals surface area contributed by atoms with E-state index in [1.54, 1.807) is 13.0 Å². The summed E-state index contributed by atoms with van der Waals surface area (Å²) in [4.78, 5) is 0. The smallest absolute Gasteiger partial charge is 0.251 e. The second-order valence-electron chi connectivity index (χ2n) is 11.5. The summed E-state index contributed by atoms with van der Waals surface area (Å²) in [7, 11) is 0. The Bertz CT molecular complexity index is 1520. The van der Waals surface area contributed by atoms with Crippen LogP contribution in [-0.2, 0) is 12.8 Å². The van der Waals surface area contributed by atoms with Gasteiger partial charge in [-0.1, -0.05) is 86.7 Å². The predicted molar refractivity (Wildman–Crippen MR) is 181 cm³/mol. The first-order valence-electron chi connectivity index (χ1n) is 16.4. The molecule has 0 bridgehead atoms. The van der Waals surface area contributed by atoms with Crippen molar-refractivity contribution in [1.82, 2.24) is 0 Å². The lowest BCUT2D eigenvalue weighted by Gasteiger charge is -2.10. The Labute approximate surface area is 283 Å². The van der Waals surface area contributed by atoms with Gasteiger partial charge in [0.05, 0.1) is 18.9 Å². The molecule has 0 aliphatic carbocycles. The van der Waals surface area contributed by atoms with Crippen molar-refractivity contribution >= 4 is 0 Å². The molecule has 9 heteroatoms. The van der Waals surface area contributed by atoms with Crippen LogP contribution in [0.1, 0.15) is 74.5 Å². The second-order valence-corrected chi connectivity index (χ2v) is 11.5. The Hall–Kier alpha value is -4.01. The van der Waals surface area contributed by atoms with Crippen molar-refractivity contribution in [2.24, 2.45) is 0 Å². The molecular formula is C40H43F9. The highest BCUT2D eigenvalue weighted by Crippen LogP contribution is 2.29. The molecule has 4 rings (SSSR count). The van der Waals surface area contributed by atoms with Crippen LogP contribution in [0.5, 0.6) is 0 Å². The van der Waals surface area contributed by atoms with E-state index in [1.807, 2.05) is 42.5 Å². The van der Waals surface area contributed by atoms with Crippen LogP contribution < -0.4 is 0 Å². The minimum absolute atomic E-state index is 0.186. The van der Waals surface area contributed by atoms with Crippen molar-refractivity contribution < 1.29 is 39.5 Å². The van der Waals surface area contributed by atoms with Crippen molar-refractivity contribution in [1.29, 1.82) is 0 Å². The van der Waals surface area contributed by atoms with Gasteiger partial charge in [0, 0.05) is 5.56 Å². The molecule has 4 aromatic rings. The fourth-order valence-corrected chi connectivity index (χ4v) is 5.09. The maximum atomic E-state index is 14.3. The van der Waals surface area contributed by atoms with Crippen molar-refractivity contribution in [3.8, 4) is 22.3 Å². The van der Waals surface area contributed by atoms with Crippen molar-refractivity contribution in [2.45, 2.75) is 77.6 Å². The molecule has 0 unspecified atom stereocenters. The zero-order valence-electron chi connectivity index (χ0n) is 27.7. The van der Waals surface area contributed by atoms with E-state index in [2.05, 4.69) is 0 Å². The summed E-state index contributed by atoms with van der Waals surface area (Å²) in [6.45, 7) is 1.07. The molecule has 0 saturated heterocycles. The number of hydrogen-bond donors (Lipinski definition) is 0. The monoisotopic (exact) mass is 694 g/mol. The zero-order valence-corrected chi connectivity index (χ0v) is 27.7. The fraction of sp³-hybridized carbons (Fsp3) is 0.350. The fourth-order valence-electron chi connectivity index (χ4n) is 5.09. The van der Waals surface area contributed by atoms with Crippen LogP contribution in [0.25, 0.3) is 22.3 Å². The molecule has 0 nitrogen and oxygen atoms in total. The van der Waals surface area contributed by atoms with E-state index in [9.17, 15) is 39.5 Å². The number of benzene rings is 4. The number of rotatable bonds is 15. The summed E-state index contributed by atoms with van der Waals surface area (Å²) in [5, 5.41) is 0. The van der Waals surface area contributed by atoms with E-state index in [4.69, 9.17) is 0 Å². The van der Waals surface area contributed by atoms with Gasteiger partial charge in [0.15, 0.2) is 6.33 Å². The van der Waals surface area contributed by atoms with Gasteiger partial charge in [0.2, 0.25) is 0 Å². The SMILES string of the molecule is Cc1ccc(-c2c(F)cc(CCCCCCCCF)cc2F)cc1F.FC=C(F)F.FCCCCCc1ccc(-c2ccccc2)c(F)c1. The van der Waals surface area contributed by atoms with Gasteiger partial charge in [0.1, 0.15) is 23.3 Å². The van der Waals surface area contributed by atoms with Gasteiger partial charge in [-0.05, 0) is 97.5 Å². The number of alkyl halides is 2. The molecule has 0 aliphatic rings. The second kappa shape index (κ2) is 23.4. The molecule has 49 heavy (non-hydrogen) atoms. The van der Waals surface area contributed by atoms with E-state index < -0.39 is 29.9 Å². The average Bonchev–Trinajstić information content (AvgIpc) is 3.08. The van der Waals surface area contributed by atoms with Gasteiger partial charge in [-0.15, -0.1) is 0 Å². The van der Waals surface area contributed by atoms with E-state index in [0.717, 1.165) is 68.6 Å². The van der Waals surface area contributed by atoms with Gasteiger partial charge in [-0.3, -0.25) is 8.78 Å². The third-order valence-corrected chi connectivity index (χ3v) is 7.71. The highest BCUT2D eigenvalue weighted by Gasteiger charge is 2.15. The molecule has 0 aromatic heterocycles. The molecule has 0 atom stereocenters. The normalized spacial score (nSPS) is 10.5. The van der Waals surface area contributed by atoms with Gasteiger partial charge < -0.3 is 0 Å². The average molecular weight is 695 g/mol. The van der Waals surface area contributed by atoms with E-state index >= 15 is 0 Å². The molecule has 0 heterocycles. The Kier molecular flexibility index (Phi) is 19.6. The van der Waals surface area contributed by atoms with Crippen LogP contribution in [0.2, 0.25) is 0 Å². The summed E-state index contributed by atoms with van der Waals surface area (Å²) in [5.41, 5.74) is 3.57. The largest absolute Gasteiger partial charge is 0.298 e. The van der Waals surface area contributed by atoms with Crippen molar-refractivity contribution in [2.75, 3.05) is 13.3 Å². The molecule has 0 amide bonds. The number of hydrogen-bond acceptors (Lipinski definition) is 0. The van der Waals surface area contributed by atoms with Crippen LogP contribution in [-0.4, -0.2) is 13.3 Å². The number of unbranched alkanes of at least 4 members (excludes halogenated alkanes) is 7. The topological polar surface area (TPSA) is 0 Å². The number of aryl methyl sites for hydroxylation is 3. The van der Waals surface area contributed by atoms with E-state index in [0.29, 0.717) is 36.0 Å².